The Morgan fingerprint density at radius 3 is 1.12 bits per heavy atom. The van der Waals surface area contributed by atoms with Gasteiger partial charge in [0.05, 0.1) is 22.1 Å². The molecule has 13 aromatic rings. The summed E-state index contributed by atoms with van der Waals surface area (Å²) >= 11 is 0. The number of aromatic nitrogens is 2. The summed E-state index contributed by atoms with van der Waals surface area (Å²) in [4.78, 5) is 0. The van der Waals surface area contributed by atoms with E-state index < -0.39 is 8.07 Å². The van der Waals surface area contributed by atoms with Crippen LogP contribution < -0.4 is 10.4 Å². The molecule has 2 aromatic heterocycles. The summed E-state index contributed by atoms with van der Waals surface area (Å²) in [7, 11) is -2.46. The Labute approximate surface area is 402 Å². The molecule has 0 saturated heterocycles. The second-order valence-electron chi connectivity index (χ2n) is 19.1. The summed E-state index contributed by atoms with van der Waals surface area (Å²) in [6, 6.07) is 90.6. The molecule has 0 N–H and O–H groups in total. The largest absolute Gasteiger partial charge is 0.309 e. The first-order valence-electron chi connectivity index (χ1n) is 24.1. The second kappa shape index (κ2) is 15.3. The van der Waals surface area contributed by atoms with Crippen LogP contribution in [0.15, 0.2) is 243 Å². The van der Waals surface area contributed by atoms with Crippen molar-refractivity contribution >= 4 is 72.8 Å². The first-order valence-corrected chi connectivity index (χ1v) is 27.1. The molecular formula is C66H46N2Si. The van der Waals surface area contributed by atoms with E-state index in [-0.39, 0.29) is 0 Å². The van der Waals surface area contributed by atoms with Gasteiger partial charge in [-0.1, -0.05) is 207 Å². The Morgan fingerprint density at radius 1 is 0.290 bits per heavy atom. The molecule has 11 aromatic carbocycles. The fraction of sp³-hybridized carbons (Fsp3) is 0.0303. The van der Waals surface area contributed by atoms with E-state index in [1.165, 1.54) is 120 Å². The van der Waals surface area contributed by atoms with Gasteiger partial charge in [-0.15, -0.1) is 0 Å². The zero-order valence-corrected chi connectivity index (χ0v) is 39.5. The molecule has 0 amide bonds. The molecule has 0 spiro atoms. The van der Waals surface area contributed by atoms with Gasteiger partial charge in [0, 0.05) is 32.9 Å². The minimum atomic E-state index is -2.46. The lowest BCUT2D eigenvalue weighted by Gasteiger charge is -2.39. The number of para-hydroxylation sites is 4. The number of hydrogen-bond acceptors (Lipinski definition) is 0. The van der Waals surface area contributed by atoms with Gasteiger partial charge in [0.1, 0.15) is 8.07 Å². The Bertz CT molecular complexity index is 4070. The minimum Gasteiger partial charge on any atom is -0.309 e. The SMILES string of the molecule is C[Si]1(C)c2c(-c3ccccc3)c(-c3ccc(-n4c5ccccc5c5ccccc54)cc3)c(-c3ccc(-n4c5ccccc5c5ccccc54)cc3)c(-c3ccccc3)c2-c2cccc3cccc1c23. The Balaban J connectivity index is 1.12. The van der Waals surface area contributed by atoms with Crippen molar-refractivity contribution in [1.29, 1.82) is 0 Å². The third kappa shape index (κ3) is 5.84. The van der Waals surface area contributed by atoms with Gasteiger partial charge < -0.3 is 9.13 Å². The highest BCUT2D eigenvalue weighted by atomic mass is 28.3. The van der Waals surface area contributed by atoms with Crippen molar-refractivity contribution in [1.82, 2.24) is 9.13 Å². The molecule has 1 aliphatic heterocycles. The molecule has 14 rings (SSSR count). The van der Waals surface area contributed by atoms with Crippen LogP contribution in [0.1, 0.15) is 0 Å². The summed E-state index contributed by atoms with van der Waals surface area (Å²) in [6.45, 7) is 5.18. The van der Waals surface area contributed by atoms with Crippen molar-refractivity contribution < 1.29 is 0 Å². The molecule has 3 heterocycles. The van der Waals surface area contributed by atoms with Crippen LogP contribution in [0, 0.1) is 0 Å². The highest BCUT2D eigenvalue weighted by Crippen LogP contribution is 2.52. The van der Waals surface area contributed by atoms with E-state index in [9.17, 15) is 0 Å². The highest BCUT2D eigenvalue weighted by molar-refractivity contribution is 7.04. The van der Waals surface area contributed by atoms with Gasteiger partial charge in [-0.25, -0.2) is 0 Å². The van der Waals surface area contributed by atoms with Gasteiger partial charge in [-0.05, 0) is 125 Å². The lowest BCUT2D eigenvalue weighted by atomic mass is 9.78. The standard InChI is InChI=1S/C66H46N2Si/c1-69(2)59-34-18-24-43-23-17-29-54(60(43)59)65-63(44-19-5-3-6-20-44)61(46-35-39-48(40-36-46)67-55-30-13-9-25-50(55)51-26-10-14-31-56(51)67)62(64(66(65)69)45-21-7-4-8-22-45)47-37-41-49(42-38-47)68-57-32-15-11-27-52(57)53-28-12-16-33-58(53)68/h3-42H,1-2H3. The van der Waals surface area contributed by atoms with Crippen LogP contribution in [0.25, 0.3) is 121 Å². The van der Waals surface area contributed by atoms with E-state index in [1.807, 2.05) is 0 Å². The van der Waals surface area contributed by atoms with Crippen molar-refractivity contribution in [3.8, 4) is 67.0 Å². The quantitative estimate of drug-likeness (QED) is 0.147. The topological polar surface area (TPSA) is 9.86 Å². The van der Waals surface area contributed by atoms with Crippen LogP contribution in [0.2, 0.25) is 13.1 Å². The molecule has 0 fully saturated rings. The lowest BCUT2D eigenvalue weighted by molar-refractivity contribution is 1.18. The fourth-order valence-corrected chi connectivity index (χ4v) is 15.6. The highest BCUT2D eigenvalue weighted by Gasteiger charge is 2.41. The Kier molecular flexibility index (Phi) is 8.77. The van der Waals surface area contributed by atoms with Crippen molar-refractivity contribution in [3.05, 3.63) is 243 Å². The van der Waals surface area contributed by atoms with Gasteiger partial charge in [-0.3, -0.25) is 0 Å². The van der Waals surface area contributed by atoms with Gasteiger partial charge in [0.15, 0.2) is 0 Å². The minimum absolute atomic E-state index is 1.14. The van der Waals surface area contributed by atoms with Crippen LogP contribution in [-0.2, 0) is 0 Å². The van der Waals surface area contributed by atoms with Crippen molar-refractivity contribution in [3.63, 3.8) is 0 Å². The van der Waals surface area contributed by atoms with Crippen LogP contribution in [0.3, 0.4) is 0 Å². The molecule has 2 nitrogen and oxygen atoms in total. The fourth-order valence-electron chi connectivity index (χ4n) is 12.2. The molecule has 69 heavy (non-hydrogen) atoms. The molecule has 0 unspecified atom stereocenters. The smallest absolute Gasteiger partial charge is 0.114 e. The average Bonchev–Trinajstić information content (AvgIpc) is 3.93. The maximum atomic E-state index is 2.59. The predicted octanol–water partition coefficient (Wildman–Crippen LogP) is 16.5. The Hall–Kier alpha value is -8.50. The van der Waals surface area contributed by atoms with E-state index in [0.29, 0.717) is 0 Å². The third-order valence-corrected chi connectivity index (χ3v) is 18.6. The number of fused-ring (bicyclic) bond motifs is 8. The van der Waals surface area contributed by atoms with Gasteiger partial charge >= 0.3 is 0 Å². The summed E-state index contributed by atoms with van der Waals surface area (Å²) in [6.07, 6.45) is 0. The van der Waals surface area contributed by atoms with E-state index in [0.717, 1.165) is 11.4 Å². The van der Waals surface area contributed by atoms with E-state index in [1.54, 1.807) is 0 Å². The monoisotopic (exact) mass is 894 g/mol. The van der Waals surface area contributed by atoms with E-state index in [4.69, 9.17) is 0 Å². The van der Waals surface area contributed by atoms with Crippen LogP contribution in [0.5, 0.6) is 0 Å². The molecule has 0 bridgehead atoms. The summed E-state index contributed by atoms with van der Waals surface area (Å²) in [5, 5.41) is 10.7. The molecule has 0 saturated carbocycles. The van der Waals surface area contributed by atoms with Crippen molar-refractivity contribution in [2.45, 2.75) is 13.1 Å². The zero-order valence-electron chi connectivity index (χ0n) is 38.5. The maximum Gasteiger partial charge on any atom is 0.114 e. The van der Waals surface area contributed by atoms with Crippen LogP contribution in [-0.4, -0.2) is 17.2 Å². The first kappa shape index (κ1) is 39.6. The summed E-state index contributed by atoms with van der Waals surface area (Å²) < 4.78 is 4.85. The maximum absolute atomic E-state index is 2.59. The first-order chi connectivity index (χ1) is 34.0. The van der Waals surface area contributed by atoms with Gasteiger partial charge in [0.25, 0.3) is 0 Å². The van der Waals surface area contributed by atoms with Crippen molar-refractivity contribution in [2.75, 3.05) is 0 Å². The zero-order chi connectivity index (χ0) is 45.8. The predicted molar refractivity (Wildman–Crippen MR) is 297 cm³/mol. The van der Waals surface area contributed by atoms with Crippen molar-refractivity contribution in [2.24, 2.45) is 0 Å². The normalized spacial score (nSPS) is 12.9. The van der Waals surface area contributed by atoms with Crippen LogP contribution in [0.4, 0.5) is 0 Å². The molecular weight excluding hydrogens is 849 g/mol. The molecule has 1 aliphatic rings. The molecule has 0 aliphatic carbocycles. The number of benzene rings is 11. The average molecular weight is 895 g/mol. The number of rotatable bonds is 6. The molecule has 0 radical (unpaired) electrons. The second-order valence-corrected chi connectivity index (χ2v) is 23.4. The van der Waals surface area contributed by atoms with Gasteiger partial charge in [-0.2, -0.15) is 0 Å². The van der Waals surface area contributed by atoms with E-state index in [2.05, 4.69) is 265 Å². The molecule has 324 valence electrons. The number of hydrogen-bond donors (Lipinski definition) is 0. The lowest BCUT2D eigenvalue weighted by Crippen LogP contribution is -2.57. The third-order valence-electron chi connectivity index (χ3n) is 15.1. The summed E-state index contributed by atoms with van der Waals surface area (Å²) in [5.41, 5.74) is 19.8. The molecule has 0 atom stereocenters. The molecule has 3 heteroatoms. The van der Waals surface area contributed by atoms with Crippen LogP contribution >= 0.6 is 0 Å². The summed E-state index contributed by atoms with van der Waals surface area (Å²) in [5.74, 6) is 0. The number of nitrogens with zero attached hydrogens (tertiary/aromatic N) is 2. The van der Waals surface area contributed by atoms with E-state index >= 15 is 0 Å². The van der Waals surface area contributed by atoms with Gasteiger partial charge in [0.2, 0.25) is 0 Å². The Morgan fingerprint density at radius 2 is 0.652 bits per heavy atom.